The van der Waals surface area contributed by atoms with E-state index in [0.717, 1.165) is 19.3 Å². The van der Waals surface area contributed by atoms with Crippen LogP contribution in [0, 0.1) is 16.0 Å². The Kier molecular flexibility index (Phi) is 11.8. The first-order valence-corrected chi connectivity index (χ1v) is 12.2. The fraction of sp³-hybridized carbons (Fsp3) is 0.667. The molecule has 1 amide bonds. The zero-order chi connectivity index (χ0) is 26.6. The largest absolute Gasteiger partial charge is 0.487 e. The number of nitrogens with one attached hydrogen (secondary N) is 3. The van der Waals surface area contributed by atoms with E-state index < -0.39 is 29.1 Å². The smallest absolute Gasteiger partial charge is 0.294 e. The first-order chi connectivity index (χ1) is 17.1. The average molecular weight is 511 g/mol. The molecule has 1 aromatic carbocycles. The molecule has 0 spiro atoms. The van der Waals surface area contributed by atoms with E-state index in [1.54, 1.807) is 31.3 Å². The lowest BCUT2D eigenvalue weighted by molar-refractivity contribution is -0.771. The van der Waals surface area contributed by atoms with Gasteiger partial charge in [0.2, 0.25) is 12.1 Å². The highest BCUT2D eigenvalue weighted by molar-refractivity contribution is 5.76. The van der Waals surface area contributed by atoms with Gasteiger partial charge in [-0.3, -0.25) is 14.9 Å². The van der Waals surface area contributed by atoms with Gasteiger partial charge in [-0.25, -0.2) is 0 Å². The Hall–Kier alpha value is -2.96. The molecule has 36 heavy (non-hydrogen) atoms. The molecule has 0 saturated heterocycles. The number of carbonyl (C=O) groups is 2. The third kappa shape index (κ3) is 10.3. The van der Waals surface area contributed by atoms with Crippen molar-refractivity contribution in [3.8, 4) is 11.5 Å². The molecule has 1 saturated carbocycles. The molecule has 1 fully saturated rings. The summed E-state index contributed by atoms with van der Waals surface area (Å²) in [4.78, 5) is 39.0. The topological polar surface area (TPSA) is 161 Å². The number of likely N-dealkylation sites (N-methyl/N-ethyl adjacent to an activating group) is 1. The van der Waals surface area contributed by atoms with E-state index in [-0.39, 0.29) is 31.4 Å². The lowest BCUT2D eigenvalue weighted by Gasteiger charge is -2.31. The van der Waals surface area contributed by atoms with Crippen molar-refractivity contribution in [1.29, 1.82) is 0 Å². The summed E-state index contributed by atoms with van der Waals surface area (Å²) in [6.07, 6.45) is 1.67. The van der Waals surface area contributed by atoms with Crippen LogP contribution in [0.5, 0.6) is 11.5 Å². The number of rotatable bonds is 16. The maximum Gasteiger partial charge on any atom is 0.294 e. The maximum atomic E-state index is 12.5. The van der Waals surface area contributed by atoms with Crippen LogP contribution in [-0.2, 0) is 14.4 Å². The van der Waals surface area contributed by atoms with Crippen molar-refractivity contribution in [3.63, 3.8) is 0 Å². The van der Waals surface area contributed by atoms with Crippen LogP contribution in [0.3, 0.4) is 0 Å². The van der Waals surface area contributed by atoms with E-state index in [0.29, 0.717) is 30.8 Å². The minimum absolute atomic E-state index is 0.0133. The van der Waals surface area contributed by atoms with Gasteiger partial charge in [0.25, 0.3) is 5.09 Å². The molecule has 12 nitrogen and oxygen atoms in total. The van der Waals surface area contributed by atoms with Crippen molar-refractivity contribution in [2.75, 3.05) is 26.7 Å². The minimum atomic E-state index is -0.846. The molecule has 2 rings (SSSR count). The quantitative estimate of drug-likeness (QED) is 0.110. The van der Waals surface area contributed by atoms with E-state index in [1.807, 2.05) is 13.8 Å². The van der Waals surface area contributed by atoms with Gasteiger partial charge in [0.15, 0.2) is 17.8 Å². The molecule has 1 aliphatic rings. The third-order valence-electron chi connectivity index (χ3n) is 5.99. The Bertz CT molecular complexity index is 853. The minimum Gasteiger partial charge on any atom is -0.487 e. The van der Waals surface area contributed by atoms with Gasteiger partial charge in [-0.2, -0.15) is 0 Å². The summed E-state index contributed by atoms with van der Waals surface area (Å²) in [5.41, 5.74) is -0.523. The fourth-order valence-corrected chi connectivity index (χ4v) is 3.95. The Balaban J connectivity index is 1.75. The van der Waals surface area contributed by atoms with E-state index in [4.69, 9.17) is 14.3 Å². The summed E-state index contributed by atoms with van der Waals surface area (Å²) in [6, 6.07) is 6.85. The van der Waals surface area contributed by atoms with Gasteiger partial charge in [-0.15, -0.1) is 10.1 Å². The van der Waals surface area contributed by atoms with Crippen molar-refractivity contribution in [3.05, 3.63) is 34.4 Å². The van der Waals surface area contributed by atoms with Crippen LogP contribution in [0.25, 0.3) is 0 Å². The van der Waals surface area contributed by atoms with Crippen molar-refractivity contribution < 1.29 is 34.1 Å². The van der Waals surface area contributed by atoms with Crippen LogP contribution < -0.4 is 25.4 Å². The van der Waals surface area contributed by atoms with Gasteiger partial charge < -0.3 is 30.1 Å². The number of aliphatic hydroxyl groups is 1. The molecule has 0 heterocycles. The summed E-state index contributed by atoms with van der Waals surface area (Å²) < 4.78 is 11.2. The van der Waals surface area contributed by atoms with Crippen LogP contribution in [-0.4, -0.2) is 73.1 Å². The molecule has 4 atom stereocenters. The lowest BCUT2D eigenvalue weighted by Crippen LogP contribution is -2.52. The SMILES string of the molecule is CNC(C=O)Oc1ccccc1OCC(O)CNC(C)(C)CNC(=O)CC1CCCCC1O[N+](=O)[O-]. The predicted octanol–water partition coefficient (Wildman–Crippen LogP) is 1.19. The van der Waals surface area contributed by atoms with Gasteiger partial charge in [0.1, 0.15) is 18.8 Å². The van der Waals surface area contributed by atoms with E-state index in [9.17, 15) is 24.8 Å². The average Bonchev–Trinajstić information content (AvgIpc) is 2.85. The number of nitrogens with zero attached hydrogens (tertiary/aromatic N) is 1. The molecular weight excluding hydrogens is 472 g/mol. The monoisotopic (exact) mass is 510 g/mol. The molecule has 202 valence electrons. The number of hydrogen-bond donors (Lipinski definition) is 4. The van der Waals surface area contributed by atoms with E-state index in [2.05, 4.69) is 16.0 Å². The molecule has 0 aromatic heterocycles. The van der Waals surface area contributed by atoms with Crippen LogP contribution in [0.15, 0.2) is 24.3 Å². The van der Waals surface area contributed by atoms with Crippen molar-refractivity contribution in [1.82, 2.24) is 16.0 Å². The summed E-state index contributed by atoms with van der Waals surface area (Å²) in [6.45, 7) is 4.28. The second-order valence-electron chi connectivity index (χ2n) is 9.53. The Morgan fingerprint density at radius 3 is 2.64 bits per heavy atom. The molecule has 1 aliphatic carbocycles. The van der Waals surface area contributed by atoms with Crippen LogP contribution in [0.2, 0.25) is 0 Å². The number of carbonyl (C=O) groups excluding carboxylic acids is 2. The summed E-state index contributed by atoms with van der Waals surface area (Å²) >= 11 is 0. The van der Waals surface area contributed by atoms with E-state index >= 15 is 0 Å². The number of ether oxygens (including phenoxy) is 2. The summed E-state index contributed by atoms with van der Waals surface area (Å²) in [5.74, 6) is 0.397. The molecule has 1 aromatic rings. The predicted molar refractivity (Wildman–Crippen MR) is 131 cm³/mol. The molecule has 0 aliphatic heterocycles. The van der Waals surface area contributed by atoms with Crippen LogP contribution >= 0.6 is 0 Å². The van der Waals surface area contributed by atoms with Crippen molar-refractivity contribution in [2.24, 2.45) is 5.92 Å². The second kappa shape index (κ2) is 14.6. The molecule has 4 unspecified atom stereocenters. The molecular formula is C24H38N4O8. The molecule has 12 heteroatoms. The van der Waals surface area contributed by atoms with Gasteiger partial charge in [-0.1, -0.05) is 25.0 Å². The number of hydrogen-bond acceptors (Lipinski definition) is 10. The van der Waals surface area contributed by atoms with Crippen molar-refractivity contribution >= 4 is 12.2 Å². The number of aliphatic hydroxyl groups excluding tert-OH is 1. The summed E-state index contributed by atoms with van der Waals surface area (Å²) in [7, 11) is 1.60. The zero-order valence-corrected chi connectivity index (χ0v) is 21.1. The Morgan fingerprint density at radius 2 is 1.97 bits per heavy atom. The number of β-amino-alcohol motifs (C(OH)–C–C–N with tert-alkyl or cyclic N) is 1. The normalized spacial score (nSPS) is 19.6. The standard InChI is InChI=1S/C24H38N4O8/c1-24(2,16-26-22(31)12-17-8-4-5-9-19(17)36-28(32)33)27-13-18(30)15-34-20-10-6-7-11-21(20)35-23(14-29)25-3/h6-7,10-11,14,17-19,23,25,27,30H,4-5,8-9,12-13,15-16H2,1-3H3,(H,26,31). The fourth-order valence-electron chi connectivity index (χ4n) is 3.95. The number of aldehydes is 1. The molecule has 0 radical (unpaired) electrons. The molecule has 4 N–H and O–H groups in total. The highest BCUT2D eigenvalue weighted by atomic mass is 17.0. The van der Waals surface area contributed by atoms with Crippen LogP contribution in [0.1, 0.15) is 46.0 Å². The maximum absolute atomic E-state index is 12.5. The van der Waals surface area contributed by atoms with Crippen molar-refractivity contribution in [2.45, 2.75) is 69.9 Å². The zero-order valence-electron chi connectivity index (χ0n) is 21.1. The number of benzene rings is 1. The summed E-state index contributed by atoms with van der Waals surface area (Å²) in [5, 5.41) is 29.1. The number of para-hydroxylation sites is 2. The highest BCUT2D eigenvalue weighted by Crippen LogP contribution is 2.29. The first-order valence-electron chi connectivity index (χ1n) is 12.2. The van der Waals surface area contributed by atoms with Crippen LogP contribution in [0.4, 0.5) is 0 Å². The van der Waals surface area contributed by atoms with Gasteiger partial charge >= 0.3 is 0 Å². The lowest BCUT2D eigenvalue weighted by atomic mass is 9.84. The van der Waals surface area contributed by atoms with Gasteiger partial charge in [0, 0.05) is 25.0 Å². The number of amides is 1. The van der Waals surface area contributed by atoms with E-state index in [1.165, 1.54) is 0 Å². The highest BCUT2D eigenvalue weighted by Gasteiger charge is 2.30. The van der Waals surface area contributed by atoms with Gasteiger partial charge in [-0.05, 0) is 51.8 Å². The van der Waals surface area contributed by atoms with Gasteiger partial charge in [0.05, 0.1) is 0 Å². The molecule has 0 bridgehead atoms. The second-order valence-corrected chi connectivity index (χ2v) is 9.53. The third-order valence-corrected chi connectivity index (χ3v) is 5.99. The Labute approximate surface area is 211 Å². The first kappa shape index (κ1) is 29.3. The Morgan fingerprint density at radius 1 is 1.28 bits per heavy atom.